The Kier molecular flexibility index (Phi) is 1.98. The monoisotopic (exact) mass is 137 g/mol. The number of hydrogen-bond donors (Lipinski definition) is 1. The molecule has 0 radical (unpaired) electrons. The molecule has 0 atom stereocenters. The largest absolute Gasteiger partial charge is 0.356 e. The van der Waals surface area contributed by atoms with Crippen LogP contribution in [0.2, 0.25) is 5.82 Å². The average Bonchev–Trinajstić information content (AvgIpc) is 2.17. The van der Waals surface area contributed by atoms with E-state index in [0.717, 1.165) is 11.9 Å². The average molecular weight is 137 g/mol. The van der Waals surface area contributed by atoms with Gasteiger partial charge in [-0.3, -0.25) is 0 Å². The second-order valence-electron chi connectivity index (χ2n) is 3.83. The maximum absolute atomic E-state index is 3.64. The summed E-state index contributed by atoms with van der Waals surface area (Å²) in [5, 5.41) is 3.64. The molecular weight excluding hydrogens is 121 g/mol. The van der Waals surface area contributed by atoms with Gasteiger partial charge in [0.1, 0.15) is 0 Å². The van der Waals surface area contributed by atoms with Crippen molar-refractivity contribution in [1.82, 2.24) is 5.23 Å². The lowest BCUT2D eigenvalue weighted by molar-refractivity contribution is 0.462. The first-order chi connectivity index (χ1) is 4.95. The maximum Gasteiger partial charge on any atom is 0.204 e. The zero-order valence-electron chi connectivity index (χ0n) is 6.60. The molecule has 0 aromatic carbocycles. The molecule has 2 aliphatic heterocycles. The van der Waals surface area contributed by atoms with Crippen molar-refractivity contribution in [3.8, 4) is 0 Å². The van der Waals surface area contributed by atoms with E-state index >= 15 is 0 Å². The molecule has 0 aromatic rings. The number of fused-ring (bicyclic) bond motifs is 3. The topological polar surface area (TPSA) is 12.0 Å². The molecule has 10 heavy (non-hydrogen) atoms. The lowest BCUT2D eigenvalue weighted by Gasteiger charge is -2.14. The van der Waals surface area contributed by atoms with Gasteiger partial charge in [-0.25, -0.2) is 0 Å². The molecule has 1 nitrogen and oxygen atoms in total. The molecule has 2 heteroatoms. The number of rotatable bonds is 0. The van der Waals surface area contributed by atoms with E-state index in [4.69, 9.17) is 0 Å². The lowest BCUT2D eigenvalue weighted by Crippen LogP contribution is -2.29. The van der Waals surface area contributed by atoms with E-state index in [-0.39, 0.29) is 0 Å². The van der Waals surface area contributed by atoms with Crippen LogP contribution in [0.1, 0.15) is 38.5 Å². The van der Waals surface area contributed by atoms with Crippen molar-refractivity contribution < 1.29 is 0 Å². The molecule has 2 saturated heterocycles. The predicted molar refractivity (Wildman–Crippen MR) is 45.5 cm³/mol. The van der Waals surface area contributed by atoms with Crippen molar-refractivity contribution in [1.29, 1.82) is 0 Å². The Labute approximate surface area is 63.8 Å². The van der Waals surface area contributed by atoms with E-state index in [2.05, 4.69) is 5.23 Å². The standard InChI is InChI=1S/C8H16BN/c1-3-7-4-2-6-8(5-1)10-9-7/h7-10H,1-6H2. The van der Waals surface area contributed by atoms with Crippen LogP contribution in [-0.4, -0.2) is 13.5 Å². The smallest absolute Gasteiger partial charge is 0.204 e. The molecule has 2 aliphatic rings. The Balaban J connectivity index is 2.01. The van der Waals surface area contributed by atoms with Gasteiger partial charge in [-0.1, -0.05) is 31.5 Å². The van der Waals surface area contributed by atoms with E-state index in [1.165, 1.54) is 45.9 Å². The summed E-state index contributed by atoms with van der Waals surface area (Å²) in [6, 6.07) is 0.882. The van der Waals surface area contributed by atoms with Crippen LogP contribution in [-0.2, 0) is 0 Å². The summed E-state index contributed by atoms with van der Waals surface area (Å²) in [5.74, 6) is 1.02. The van der Waals surface area contributed by atoms with E-state index in [1.807, 2.05) is 0 Å². The Morgan fingerprint density at radius 3 is 2.40 bits per heavy atom. The Morgan fingerprint density at radius 2 is 1.70 bits per heavy atom. The molecule has 0 amide bonds. The van der Waals surface area contributed by atoms with Gasteiger partial charge in [0, 0.05) is 0 Å². The van der Waals surface area contributed by atoms with Gasteiger partial charge >= 0.3 is 0 Å². The molecule has 0 saturated carbocycles. The van der Waals surface area contributed by atoms with Crippen LogP contribution in [0.15, 0.2) is 0 Å². The molecule has 2 fully saturated rings. The van der Waals surface area contributed by atoms with Crippen LogP contribution in [0.3, 0.4) is 0 Å². The van der Waals surface area contributed by atoms with Gasteiger partial charge in [-0.05, 0) is 18.9 Å². The summed E-state index contributed by atoms with van der Waals surface area (Å²) < 4.78 is 0. The molecule has 2 rings (SSSR count). The van der Waals surface area contributed by atoms with Gasteiger partial charge < -0.3 is 5.23 Å². The highest BCUT2D eigenvalue weighted by atomic mass is 14.8. The lowest BCUT2D eigenvalue weighted by atomic mass is 9.72. The number of nitrogens with one attached hydrogen (secondary N) is 1. The van der Waals surface area contributed by atoms with Crippen molar-refractivity contribution in [3.63, 3.8) is 0 Å². The normalized spacial score (nSPS) is 40.0. The van der Waals surface area contributed by atoms with Crippen LogP contribution in [0.4, 0.5) is 0 Å². The summed E-state index contributed by atoms with van der Waals surface area (Å²) in [7, 11) is 1.31. The first kappa shape index (κ1) is 6.72. The van der Waals surface area contributed by atoms with E-state index in [9.17, 15) is 0 Å². The van der Waals surface area contributed by atoms with E-state index in [1.54, 1.807) is 0 Å². The fraction of sp³-hybridized carbons (Fsp3) is 1.00. The van der Waals surface area contributed by atoms with Crippen LogP contribution < -0.4 is 5.23 Å². The van der Waals surface area contributed by atoms with Gasteiger partial charge in [0.05, 0.1) is 0 Å². The van der Waals surface area contributed by atoms with Crippen molar-refractivity contribution in [2.75, 3.05) is 0 Å². The Hall–Kier alpha value is 0.0249. The fourth-order valence-corrected chi connectivity index (χ4v) is 2.34. The van der Waals surface area contributed by atoms with Gasteiger partial charge in [-0.15, -0.1) is 0 Å². The number of hydrogen-bond acceptors (Lipinski definition) is 1. The van der Waals surface area contributed by atoms with Crippen molar-refractivity contribution in [3.05, 3.63) is 0 Å². The van der Waals surface area contributed by atoms with Gasteiger partial charge in [-0.2, -0.15) is 0 Å². The SMILES string of the molecule is B1NC2CCCC1CCC2. The second kappa shape index (κ2) is 2.95. The fourth-order valence-electron chi connectivity index (χ4n) is 2.34. The third-order valence-electron chi connectivity index (χ3n) is 3.03. The molecule has 56 valence electrons. The van der Waals surface area contributed by atoms with Crippen LogP contribution in [0.5, 0.6) is 0 Å². The van der Waals surface area contributed by atoms with Crippen LogP contribution >= 0.6 is 0 Å². The van der Waals surface area contributed by atoms with Crippen molar-refractivity contribution in [2.24, 2.45) is 0 Å². The molecular formula is C8H16BN. The zero-order valence-corrected chi connectivity index (χ0v) is 6.60. The third kappa shape index (κ3) is 1.37. The van der Waals surface area contributed by atoms with Gasteiger partial charge in [0.15, 0.2) is 0 Å². The molecule has 0 spiro atoms. The summed E-state index contributed by atoms with van der Waals surface area (Å²) >= 11 is 0. The summed E-state index contributed by atoms with van der Waals surface area (Å²) in [6.07, 6.45) is 8.81. The quantitative estimate of drug-likeness (QED) is 0.498. The highest BCUT2D eigenvalue weighted by Crippen LogP contribution is 2.28. The molecule has 0 unspecified atom stereocenters. The Morgan fingerprint density at radius 1 is 1.00 bits per heavy atom. The van der Waals surface area contributed by atoms with Crippen molar-refractivity contribution >= 4 is 7.41 Å². The molecule has 1 N–H and O–H groups in total. The molecule has 0 aliphatic carbocycles. The van der Waals surface area contributed by atoms with Gasteiger partial charge in [0.2, 0.25) is 7.41 Å². The minimum atomic E-state index is 0.882. The van der Waals surface area contributed by atoms with Crippen molar-refractivity contribution in [2.45, 2.75) is 50.4 Å². The summed E-state index contributed by atoms with van der Waals surface area (Å²) in [6.45, 7) is 0. The molecule has 0 aromatic heterocycles. The van der Waals surface area contributed by atoms with E-state index in [0.29, 0.717) is 0 Å². The zero-order chi connectivity index (χ0) is 6.81. The maximum atomic E-state index is 3.64. The highest BCUT2D eigenvalue weighted by molar-refractivity contribution is 6.34. The third-order valence-corrected chi connectivity index (χ3v) is 3.03. The minimum Gasteiger partial charge on any atom is -0.356 e. The summed E-state index contributed by atoms with van der Waals surface area (Å²) in [5.41, 5.74) is 0. The minimum absolute atomic E-state index is 0.882. The Bertz CT molecular complexity index is 93.8. The first-order valence-corrected chi connectivity index (χ1v) is 4.68. The van der Waals surface area contributed by atoms with Crippen LogP contribution in [0, 0.1) is 0 Å². The van der Waals surface area contributed by atoms with E-state index < -0.39 is 0 Å². The highest BCUT2D eigenvalue weighted by Gasteiger charge is 2.22. The van der Waals surface area contributed by atoms with Crippen LogP contribution in [0.25, 0.3) is 0 Å². The second-order valence-corrected chi connectivity index (χ2v) is 3.83. The molecule has 2 bridgehead atoms. The van der Waals surface area contributed by atoms with Gasteiger partial charge in [0.25, 0.3) is 0 Å². The molecule has 2 heterocycles. The first-order valence-electron chi connectivity index (χ1n) is 4.68. The summed E-state index contributed by atoms with van der Waals surface area (Å²) in [4.78, 5) is 0. The predicted octanol–water partition coefficient (Wildman–Crippen LogP) is 1.45.